The Bertz CT molecular complexity index is 314. The lowest BCUT2D eigenvalue weighted by Gasteiger charge is -2.21. The fraction of sp³-hybridized carbons (Fsp3) is 0.846. The summed E-state index contributed by atoms with van der Waals surface area (Å²) in [5, 5.41) is 11.5. The predicted octanol–water partition coefficient (Wildman–Crippen LogP) is 0.502. The van der Waals surface area contributed by atoms with Crippen LogP contribution in [0.5, 0.6) is 0 Å². The van der Waals surface area contributed by atoms with Gasteiger partial charge in [0.1, 0.15) is 5.54 Å². The normalized spacial score (nSPS) is 24.1. The quantitative estimate of drug-likeness (QED) is 0.597. The van der Waals surface area contributed by atoms with Gasteiger partial charge in [0.25, 0.3) is 0 Å². The second-order valence-electron chi connectivity index (χ2n) is 5.21. The fourth-order valence-corrected chi connectivity index (χ4v) is 2.21. The summed E-state index contributed by atoms with van der Waals surface area (Å²) in [6.07, 6.45) is 3.08. The summed E-state index contributed by atoms with van der Waals surface area (Å²) in [5.74, 6) is -0.616. The Morgan fingerprint density at radius 1 is 1.47 bits per heavy atom. The van der Waals surface area contributed by atoms with Crippen LogP contribution in [-0.4, -0.2) is 42.3 Å². The molecule has 2 atom stereocenters. The summed E-state index contributed by atoms with van der Waals surface area (Å²) in [7, 11) is 0. The largest absolute Gasteiger partial charge is 0.481 e. The van der Waals surface area contributed by atoms with Gasteiger partial charge in [0, 0.05) is 19.6 Å². The minimum atomic E-state index is -0.886. The lowest BCUT2D eigenvalue weighted by Crippen LogP contribution is -2.54. The van der Waals surface area contributed by atoms with Crippen molar-refractivity contribution in [2.24, 2.45) is 11.7 Å². The van der Waals surface area contributed by atoms with Crippen molar-refractivity contribution in [1.29, 1.82) is 0 Å². The van der Waals surface area contributed by atoms with Gasteiger partial charge in [-0.3, -0.25) is 9.59 Å². The molecule has 0 bridgehead atoms. The number of hydrogen-bond acceptors (Lipinski definition) is 4. The Morgan fingerprint density at radius 3 is 2.74 bits per heavy atom. The molecule has 4 N–H and O–H groups in total. The minimum absolute atomic E-state index is 0.168. The number of rotatable bonds is 8. The number of aliphatic carboxylic acids is 1. The van der Waals surface area contributed by atoms with Crippen LogP contribution < -0.4 is 11.1 Å². The molecule has 1 aliphatic heterocycles. The average molecular weight is 272 g/mol. The van der Waals surface area contributed by atoms with Crippen LogP contribution in [0, 0.1) is 5.92 Å². The second-order valence-corrected chi connectivity index (χ2v) is 5.21. The highest BCUT2D eigenvalue weighted by Gasteiger charge is 2.37. The van der Waals surface area contributed by atoms with Crippen molar-refractivity contribution in [3.05, 3.63) is 0 Å². The summed E-state index contributed by atoms with van der Waals surface area (Å²) < 4.78 is 5.14. The second kappa shape index (κ2) is 7.45. The zero-order valence-corrected chi connectivity index (χ0v) is 11.5. The van der Waals surface area contributed by atoms with Crippen molar-refractivity contribution in [3.63, 3.8) is 0 Å². The molecule has 0 aliphatic carbocycles. The van der Waals surface area contributed by atoms with E-state index in [0.717, 1.165) is 12.8 Å². The maximum absolute atomic E-state index is 11.9. The summed E-state index contributed by atoms with van der Waals surface area (Å²) in [6.45, 7) is 3.37. The van der Waals surface area contributed by atoms with E-state index in [1.807, 2.05) is 6.92 Å². The summed E-state index contributed by atoms with van der Waals surface area (Å²) in [6, 6.07) is 0. The van der Waals surface area contributed by atoms with E-state index in [-0.39, 0.29) is 18.9 Å². The van der Waals surface area contributed by atoms with Crippen LogP contribution in [0.1, 0.15) is 39.0 Å². The number of nitrogens with two attached hydrogens (primary N) is 1. The molecule has 0 aromatic heterocycles. The van der Waals surface area contributed by atoms with Gasteiger partial charge in [-0.1, -0.05) is 13.3 Å². The Labute approximate surface area is 113 Å². The van der Waals surface area contributed by atoms with Crippen molar-refractivity contribution in [2.75, 3.05) is 19.8 Å². The molecule has 6 heteroatoms. The van der Waals surface area contributed by atoms with Gasteiger partial charge in [-0.15, -0.1) is 0 Å². The van der Waals surface area contributed by atoms with Crippen molar-refractivity contribution in [3.8, 4) is 0 Å². The van der Waals surface area contributed by atoms with Gasteiger partial charge in [0.15, 0.2) is 0 Å². The molecule has 0 radical (unpaired) electrons. The highest BCUT2D eigenvalue weighted by Crippen LogP contribution is 2.17. The first-order valence-corrected chi connectivity index (χ1v) is 6.84. The Balaban J connectivity index is 2.24. The van der Waals surface area contributed by atoms with Gasteiger partial charge in [0.05, 0.1) is 6.61 Å². The van der Waals surface area contributed by atoms with E-state index in [4.69, 9.17) is 15.6 Å². The van der Waals surface area contributed by atoms with Crippen LogP contribution in [0.4, 0.5) is 0 Å². The molecule has 0 spiro atoms. The van der Waals surface area contributed by atoms with E-state index in [1.165, 1.54) is 0 Å². The SMILES string of the molecule is CCC(CCNC(=O)C1(N)CCOC1)CCC(=O)O. The van der Waals surface area contributed by atoms with E-state index in [0.29, 0.717) is 31.9 Å². The Kier molecular flexibility index (Phi) is 6.24. The molecule has 1 amide bonds. The smallest absolute Gasteiger partial charge is 0.303 e. The lowest BCUT2D eigenvalue weighted by molar-refractivity contribution is -0.137. The van der Waals surface area contributed by atoms with Gasteiger partial charge in [-0.2, -0.15) is 0 Å². The van der Waals surface area contributed by atoms with E-state index < -0.39 is 11.5 Å². The highest BCUT2D eigenvalue weighted by molar-refractivity contribution is 5.86. The third kappa shape index (κ3) is 5.16. The monoisotopic (exact) mass is 272 g/mol. The highest BCUT2D eigenvalue weighted by atomic mass is 16.5. The van der Waals surface area contributed by atoms with Gasteiger partial charge < -0.3 is 20.9 Å². The molecule has 0 saturated carbocycles. The van der Waals surface area contributed by atoms with Gasteiger partial charge >= 0.3 is 5.97 Å². The molecule has 1 saturated heterocycles. The molecule has 1 aliphatic rings. The molecule has 6 nitrogen and oxygen atoms in total. The first-order chi connectivity index (χ1) is 8.98. The van der Waals surface area contributed by atoms with Crippen molar-refractivity contribution in [1.82, 2.24) is 5.32 Å². The van der Waals surface area contributed by atoms with E-state index >= 15 is 0 Å². The molecular weight excluding hydrogens is 248 g/mol. The van der Waals surface area contributed by atoms with Gasteiger partial charge in [0.2, 0.25) is 5.91 Å². The van der Waals surface area contributed by atoms with Crippen LogP contribution in [0.15, 0.2) is 0 Å². The molecule has 2 unspecified atom stereocenters. The molecular formula is C13H24N2O4. The standard InChI is InChI=1S/C13H24N2O4/c1-2-10(3-4-11(16)17)5-7-15-12(18)13(14)6-8-19-9-13/h10H,2-9,14H2,1H3,(H,15,18)(H,16,17). The Morgan fingerprint density at radius 2 is 2.21 bits per heavy atom. The van der Waals surface area contributed by atoms with Crippen LogP contribution >= 0.6 is 0 Å². The van der Waals surface area contributed by atoms with E-state index in [1.54, 1.807) is 0 Å². The molecule has 0 aromatic rings. The van der Waals surface area contributed by atoms with Crippen LogP contribution in [0.25, 0.3) is 0 Å². The molecule has 1 rings (SSSR count). The lowest BCUT2D eigenvalue weighted by atomic mass is 9.95. The fourth-order valence-electron chi connectivity index (χ4n) is 2.21. The first-order valence-electron chi connectivity index (χ1n) is 6.84. The van der Waals surface area contributed by atoms with E-state index in [2.05, 4.69) is 5.32 Å². The Hall–Kier alpha value is -1.14. The number of carboxylic acid groups (broad SMARTS) is 1. The average Bonchev–Trinajstić information content (AvgIpc) is 2.81. The molecule has 110 valence electrons. The van der Waals surface area contributed by atoms with Crippen molar-refractivity contribution < 1.29 is 19.4 Å². The number of ether oxygens (including phenoxy) is 1. The van der Waals surface area contributed by atoms with Crippen LogP contribution in [0.3, 0.4) is 0 Å². The molecule has 1 heterocycles. The maximum atomic E-state index is 11.9. The first kappa shape index (κ1) is 15.9. The molecule has 19 heavy (non-hydrogen) atoms. The number of carbonyl (C=O) groups excluding carboxylic acids is 1. The number of carboxylic acids is 1. The number of carbonyl (C=O) groups is 2. The topological polar surface area (TPSA) is 102 Å². The minimum Gasteiger partial charge on any atom is -0.481 e. The number of hydrogen-bond donors (Lipinski definition) is 3. The maximum Gasteiger partial charge on any atom is 0.303 e. The zero-order chi connectivity index (χ0) is 14.3. The summed E-state index contributed by atoms with van der Waals surface area (Å²) in [4.78, 5) is 22.4. The zero-order valence-electron chi connectivity index (χ0n) is 11.5. The van der Waals surface area contributed by atoms with E-state index in [9.17, 15) is 9.59 Å². The van der Waals surface area contributed by atoms with Crippen molar-refractivity contribution >= 4 is 11.9 Å². The number of nitrogens with one attached hydrogen (secondary N) is 1. The number of amides is 1. The van der Waals surface area contributed by atoms with Crippen LogP contribution in [-0.2, 0) is 14.3 Å². The molecule has 1 fully saturated rings. The third-order valence-electron chi connectivity index (χ3n) is 3.69. The molecule has 0 aromatic carbocycles. The van der Waals surface area contributed by atoms with Gasteiger partial charge in [-0.05, 0) is 25.2 Å². The summed E-state index contributed by atoms with van der Waals surface area (Å²) >= 11 is 0. The summed E-state index contributed by atoms with van der Waals surface area (Å²) in [5.41, 5.74) is 5.05. The predicted molar refractivity (Wildman–Crippen MR) is 70.6 cm³/mol. The van der Waals surface area contributed by atoms with Crippen LogP contribution in [0.2, 0.25) is 0 Å². The third-order valence-corrected chi connectivity index (χ3v) is 3.69. The van der Waals surface area contributed by atoms with Crippen molar-refractivity contribution in [2.45, 2.75) is 44.6 Å². The van der Waals surface area contributed by atoms with Gasteiger partial charge in [-0.25, -0.2) is 0 Å².